The van der Waals surface area contributed by atoms with E-state index in [1.165, 1.54) is 12.0 Å². The van der Waals surface area contributed by atoms with E-state index in [0.717, 1.165) is 11.1 Å². The molecule has 2 aliphatic heterocycles. The van der Waals surface area contributed by atoms with Crippen LogP contribution in [0.2, 0.25) is 0 Å². The van der Waals surface area contributed by atoms with Crippen molar-refractivity contribution in [3.63, 3.8) is 0 Å². The summed E-state index contributed by atoms with van der Waals surface area (Å²) in [7, 11) is 1.25. The Morgan fingerprint density at radius 1 is 1.40 bits per heavy atom. The van der Waals surface area contributed by atoms with E-state index in [-0.39, 0.29) is 42.8 Å². The molecule has 0 unspecified atom stereocenters. The van der Waals surface area contributed by atoms with E-state index in [1.54, 1.807) is 12.1 Å². The number of rotatable bonds is 5. The molecule has 8 heteroatoms. The van der Waals surface area contributed by atoms with E-state index in [1.807, 2.05) is 6.92 Å². The van der Waals surface area contributed by atoms with Crippen molar-refractivity contribution in [1.82, 2.24) is 10.2 Å². The molecule has 132 valence electrons. The van der Waals surface area contributed by atoms with E-state index < -0.39 is 5.97 Å². The Bertz CT molecular complexity index is 800. The first-order valence-electron chi connectivity index (χ1n) is 7.87. The summed E-state index contributed by atoms with van der Waals surface area (Å²) in [6.07, 6.45) is 0. The van der Waals surface area contributed by atoms with Gasteiger partial charge in [-0.2, -0.15) is 0 Å². The van der Waals surface area contributed by atoms with Crippen LogP contribution in [0.5, 0.6) is 0 Å². The van der Waals surface area contributed by atoms with Crippen molar-refractivity contribution in [3.8, 4) is 0 Å². The molecule has 0 spiro atoms. The van der Waals surface area contributed by atoms with Crippen LogP contribution in [0.1, 0.15) is 21.5 Å². The molecule has 0 atom stereocenters. The topological polar surface area (TPSA) is 108 Å². The number of benzene rings is 1. The lowest BCUT2D eigenvalue weighted by Gasteiger charge is -2.17. The monoisotopic (exact) mass is 345 g/mol. The maximum atomic E-state index is 12.6. The highest BCUT2D eigenvalue weighted by atomic mass is 16.5. The van der Waals surface area contributed by atoms with Gasteiger partial charge in [-0.15, -0.1) is 0 Å². The van der Waals surface area contributed by atoms with Crippen molar-refractivity contribution in [3.05, 3.63) is 40.1 Å². The van der Waals surface area contributed by atoms with Crippen molar-refractivity contribution in [2.75, 3.05) is 32.1 Å². The molecule has 1 aromatic rings. The van der Waals surface area contributed by atoms with Crippen LogP contribution in [0.4, 0.5) is 5.69 Å². The zero-order chi connectivity index (χ0) is 18.1. The van der Waals surface area contributed by atoms with Crippen molar-refractivity contribution in [1.29, 1.82) is 0 Å². The van der Waals surface area contributed by atoms with Gasteiger partial charge in [-0.25, -0.2) is 4.79 Å². The number of aryl methyl sites for hydroxylation is 1. The average Bonchev–Trinajstić information content (AvgIpc) is 3.12. The third-order valence-electron chi connectivity index (χ3n) is 4.40. The normalized spacial score (nSPS) is 16.2. The number of anilines is 1. The fourth-order valence-electron chi connectivity index (χ4n) is 3.07. The van der Waals surface area contributed by atoms with E-state index >= 15 is 0 Å². The second kappa shape index (κ2) is 6.56. The quantitative estimate of drug-likeness (QED) is 0.644. The average molecular weight is 345 g/mol. The number of aliphatic hydroxyl groups is 1. The van der Waals surface area contributed by atoms with Crippen LogP contribution in [-0.4, -0.2) is 54.6 Å². The first-order valence-corrected chi connectivity index (χ1v) is 7.87. The van der Waals surface area contributed by atoms with Gasteiger partial charge in [-0.3, -0.25) is 9.59 Å². The molecule has 0 aromatic heterocycles. The van der Waals surface area contributed by atoms with Crippen LogP contribution in [0.15, 0.2) is 23.4 Å². The highest BCUT2D eigenvalue weighted by Crippen LogP contribution is 2.31. The molecule has 3 N–H and O–H groups in total. The minimum absolute atomic E-state index is 0.0691. The molecule has 1 aromatic carbocycles. The lowest BCUT2D eigenvalue weighted by molar-refractivity contribution is -0.136. The SMILES string of the molecule is COC(=O)C1=C(Nc2c(C)ccc3c2CNC3=O)C(=O)N(CCO)C1. The third kappa shape index (κ3) is 2.85. The number of amides is 2. The minimum atomic E-state index is -0.601. The van der Waals surface area contributed by atoms with Gasteiger partial charge in [0, 0.05) is 29.9 Å². The predicted octanol–water partition coefficient (Wildman–Crippen LogP) is -0.0881. The van der Waals surface area contributed by atoms with Crippen molar-refractivity contribution in [2.24, 2.45) is 0 Å². The van der Waals surface area contributed by atoms with Gasteiger partial charge in [0.1, 0.15) is 5.70 Å². The number of hydrogen-bond donors (Lipinski definition) is 3. The molecule has 0 radical (unpaired) electrons. The molecular formula is C17H19N3O5. The zero-order valence-corrected chi connectivity index (χ0v) is 14.0. The van der Waals surface area contributed by atoms with E-state index in [4.69, 9.17) is 9.84 Å². The number of hydrogen-bond acceptors (Lipinski definition) is 6. The number of esters is 1. The Kier molecular flexibility index (Phi) is 4.45. The summed E-state index contributed by atoms with van der Waals surface area (Å²) in [5.74, 6) is -1.15. The minimum Gasteiger partial charge on any atom is -0.466 e. The Morgan fingerprint density at radius 2 is 2.16 bits per heavy atom. The van der Waals surface area contributed by atoms with Crippen molar-refractivity contribution >= 4 is 23.5 Å². The molecule has 8 nitrogen and oxygen atoms in total. The zero-order valence-electron chi connectivity index (χ0n) is 14.0. The fourth-order valence-corrected chi connectivity index (χ4v) is 3.07. The standard InChI is InChI=1S/C17H19N3O5/c1-9-3-4-10-11(7-18-15(10)22)13(9)19-14-12(17(24)25-2)8-20(5-6-21)16(14)23/h3-4,19,21H,5-8H2,1-2H3,(H,18,22). The summed E-state index contributed by atoms with van der Waals surface area (Å²) in [5.41, 5.74) is 3.11. The number of carbonyl (C=O) groups excluding carboxylic acids is 3. The Balaban J connectivity index is 2.02. The number of β-amino-alcohol motifs (C(OH)–C–C–N with tert-alkyl or cyclic N) is 1. The second-order valence-corrected chi connectivity index (χ2v) is 5.89. The maximum Gasteiger partial charge on any atom is 0.337 e. The van der Waals surface area contributed by atoms with E-state index in [0.29, 0.717) is 17.8 Å². The van der Waals surface area contributed by atoms with Gasteiger partial charge < -0.3 is 25.4 Å². The van der Waals surface area contributed by atoms with Crippen molar-refractivity contribution in [2.45, 2.75) is 13.5 Å². The molecule has 0 aliphatic carbocycles. The number of aliphatic hydroxyl groups excluding tert-OH is 1. The highest BCUT2D eigenvalue weighted by molar-refractivity contribution is 6.09. The summed E-state index contributed by atoms with van der Waals surface area (Å²) < 4.78 is 4.77. The van der Waals surface area contributed by atoms with Crippen LogP contribution in [0.25, 0.3) is 0 Å². The van der Waals surface area contributed by atoms with Gasteiger partial charge in [0.05, 0.1) is 25.8 Å². The van der Waals surface area contributed by atoms with Crippen LogP contribution in [0, 0.1) is 6.92 Å². The first kappa shape index (κ1) is 17.0. The molecule has 3 rings (SSSR count). The summed E-state index contributed by atoms with van der Waals surface area (Å²) in [6.45, 7) is 2.20. The molecule has 0 fully saturated rings. The van der Waals surface area contributed by atoms with E-state index in [2.05, 4.69) is 10.6 Å². The Hall–Kier alpha value is -2.87. The van der Waals surface area contributed by atoms with Gasteiger partial charge >= 0.3 is 5.97 Å². The maximum absolute atomic E-state index is 12.6. The summed E-state index contributed by atoms with van der Waals surface area (Å²) in [4.78, 5) is 37.9. The number of nitrogens with zero attached hydrogens (tertiary/aromatic N) is 1. The Labute approximate surface area is 144 Å². The van der Waals surface area contributed by atoms with Crippen molar-refractivity contribution < 1.29 is 24.2 Å². The number of nitrogens with one attached hydrogen (secondary N) is 2. The largest absolute Gasteiger partial charge is 0.466 e. The molecule has 25 heavy (non-hydrogen) atoms. The van der Waals surface area contributed by atoms with Gasteiger partial charge in [0.15, 0.2) is 0 Å². The molecule has 2 aliphatic rings. The van der Waals surface area contributed by atoms with Gasteiger partial charge in [0.25, 0.3) is 11.8 Å². The van der Waals surface area contributed by atoms with Crippen LogP contribution in [0.3, 0.4) is 0 Å². The third-order valence-corrected chi connectivity index (χ3v) is 4.40. The molecule has 0 saturated carbocycles. The number of fused-ring (bicyclic) bond motifs is 1. The lowest BCUT2D eigenvalue weighted by Crippen LogP contribution is -2.31. The highest BCUT2D eigenvalue weighted by Gasteiger charge is 2.35. The van der Waals surface area contributed by atoms with Crippen LogP contribution >= 0.6 is 0 Å². The first-order chi connectivity index (χ1) is 12.0. The summed E-state index contributed by atoms with van der Waals surface area (Å²) in [6, 6.07) is 3.53. The smallest absolute Gasteiger partial charge is 0.337 e. The fraction of sp³-hybridized carbons (Fsp3) is 0.353. The number of ether oxygens (including phenoxy) is 1. The number of methoxy groups -OCH3 is 1. The molecule has 2 amide bonds. The Morgan fingerprint density at radius 3 is 2.84 bits per heavy atom. The number of carbonyl (C=O) groups is 3. The lowest BCUT2D eigenvalue weighted by atomic mass is 10.0. The van der Waals surface area contributed by atoms with Gasteiger partial charge in [-0.1, -0.05) is 6.07 Å². The second-order valence-electron chi connectivity index (χ2n) is 5.89. The molecule has 0 saturated heterocycles. The van der Waals surface area contributed by atoms with Gasteiger partial charge in [0.2, 0.25) is 0 Å². The molecular weight excluding hydrogens is 326 g/mol. The summed E-state index contributed by atoms with van der Waals surface area (Å²) in [5, 5.41) is 14.9. The van der Waals surface area contributed by atoms with Crippen LogP contribution < -0.4 is 10.6 Å². The van der Waals surface area contributed by atoms with Crippen LogP contribution in [-0.2, 0) is 20.9 Å². The molecule has 0 bridgehead atoms. The predicted molar refractivity (Wildman–Crippen MR) is 88.7 cm³/mol. The van der Waals surface area contributed by atoms with Gasteiger partial charge in [-0.05, 0) is 18.6 Å². The summed E-state index contributed by atoms with van der Waals surface area (Å²) >= 11 is 0. The molecule has 2 heterocycles. The van der Waals surface area contributed by atoms with E-state index in [9.17, 15) is 14.4 Å².